The average Bonchev–Trinajstić information content (AvgIpc) is 2.33. The van der Waals surface area contributed by atoms with Gasteiger partial charge in [-0.25, -0.2) is 0 Å². The van der Waals surface area contributed by atoms with Crippen LogP contribution in [0.2, 0.25) is 0 Å². The summed E-state index contributed by atoms with van der Waals surface area (Å²) < 4.78 is 1.63. The van der Waals surface area contributed by atoms with Crippen molar-refractivity contribution in [3.05, 3.63) is 60.2 Å². The predicted octanol–water partition coefficient (Wildman–Crippen LogP) is 1.35. The van der Waals surface area contributed by atoms with Crippen molar-refractivity contribution in [2.45, 2.75) is 13.3 Å². The van der Waals surface area contributed by atoms with Crippen molar-refractivity contribution in [1.82, 2.24) is 4.98 Å². The number of hydrogen-bond donors (Lipinski definition) is 0. The van der Waals surface area contributed by atoms with E-state index in [9.17, 15) is 0 Å². The highest BCUT2D eigenvalue weighted by atomic mass is 16.7. The summed E-state index contributed by atoms with van der Waals surface area (Å²) in [5.74, 6) is 0. The molecule has 2 rings (SSSR count). The standard InChI is InChI=1S/C13H15N2O/c1-12-7-9-15(11-14-12)16-10-8-13-5-3-2-4-6-13/h2-7,9,11H,8,10H2,1H3/q+1. The van der Waals surface area contributed by atoms with Crippen molar-refractivity contribution in [3.63, 3.8) is 0 Å². The number of rotatable bonds is 4. The smallest absolute Gasteiger partial charge is 0.325 e. The van der Waals surface area contributed by atoms with Crippen LogP contribution in [0.5, 0.6) is 0 Å². The van der Waals surface area contributed by atoms with Gasteiger partial charge in [0.15, 0.2) is 5.69 Å². The Balaban J connectivity index is 1.82. The van der Waals surface area contributed by atoms with E-state index in [1.807, 2.05) is 37.4 Å². The Hall–Kier alpha value is -1.90. The fraction of sp³-hybridized carbons (Fsp3) is 0.231. The second kappa shape index (κ2) is 5.26. The van der Waals surface area contributed by atoms with Gasteiger partial charge < -0.3 is 4.84 Å². The number of aryl methyl sites for hydroxylation is 1. The maximum atomic E-state index is 5.52. The molecule has 0 spiro atoms. The molecule has 0 bridgehead atoms. The van der Waals surface area contributed by atoms with Crippen molar-refractivity contribution in [2.75, 3.05) is 6.61 Å². The maximum absolute atomic E-state index is 5.52. The quantitative estimate of drug-likeness (QED) is 0.719. The summed E-state index contributed by atoms with van der Waals surface area (Å²) in [5.41, 5.74) is 2.27. The summed E-state index contributed by atoms with van der Waals surface area (Å²) in [4.78, 5) is 9.66. The Bertz CT molecular complexity index is 425. The molecule has 0 amide bonds. The van der Waals surface area contributed by atoms with Crippen LogP contribution in [0.4, 0.5) is 0 Å². The van der Waals surface area contributed by atoms with Gasteiger partial charge in [0, 0.05) is 19.4 Å². The molecule has 3 nitrogen and oxygen atoms in total. The first kappa shape index (κ1) is 10.6. The highest BCUT2D eigenvalue weighted by Gasteiger charge is 1.99. The van der Waals surface area contributed by atoms with Crippen LogP contribution >= 0.6 is 0 Å². The summed E-state index contributed by atoms with van der Waals surface area (Å²) in [7, 11) is 0. The zero-order valence-corrected chi connectivity index (χ0v) is 9.34. The summed E-state index contributed by atoms with van der Waals surface area (Å²) in [5, 5.41) is 0. The van der Waals surface area contributed by atoms with Crippen molar-refractivity contribution < 1.29 is 9.57 Å². The minimum absolute atomic E-state index is 0.652. The third kappa shape index (κ3) is 3.05. The number of aromatic nitrogens is 2. The summed E-state index contributed by atoms with van der Waals surface area (Å²) >= 11 is 0. The first-order valence-corrected chi connectivity index (χ1v) is 5.36. The van der Waals surface area contributed by atoms with Crippen molar-refractivity contribution in [1.29, 1.82) is 0 Å². The van der Waals surface area contributed by atoms with Gasteiger partial charge in [-0.05, 0) is 5.56 Å². The molecular weight excluding hydrogens is 200 g/mol. The molecule has 1 heterocycles. The molecular formula is C13H15N2O+. The first-order valence-electron chi connectivity index (χ1n) is 5.36. The van der Waals surface area contributed by atoms with Crippen LogP contribution in [-0.4, -0.2) is 11.6 Å². The molecule has 0 unspecified atom stereocenters. The minimum Gasteiger partial charge on any atom is -0.336 e. The highest BCUT2D eigenvalue weighted by molar-refractivity contribution is 5.14. The van der Waals surface area contributed by atoms with E-state index in [-0.39, 0.29) is 0 Å². The van der Waals surface area contributed by atoms with Crippen LogP contribution in [0.25, 0.3) is 0 Å². The van der Waals surface area contributed by atoms with Crippen LogP contribution in [-0.2, 0) is 6.42 Å². The fourth-order valence-corrected chi connectivity index (χ4v) is 1.40. The Morgan fingerprint density at radius 3 is 2.69 bits per heavy atom. The molecule has 0 aliphatic rings. The lowest BCUT2D eigenvalue weighted by molar-refractivity contribution is -0.893. The Morgan fingerprint density at radius 1 is 1.19 bits per heavy atom. The van der Waals surface area contributed by atoms with Crippen LogP contribution in [0.3, 0.4) is 0 Å². The Kier molecular flexibility index (Phi) is 3.49. The number of benzene rings is 1. The molecule has 2 aromatic rings. The summed E-state index contributed by atoms with van der Waals surface area (Å²) in [6.45, 7) is 2.60. The number of nitrogens with zero attached hydrogens (tertiary/aromatic N) is 2. The molecule has 0 fully saturated rings. The van der Waals surface area contributed by atoms with E-state index < -0.39 is 0 Å². The van der Waals surface area contributed by atoms with E-state index in [4.69, 9.17) is 4.84 Å². The van der Waals surface area contributed by atoms with Crippen LogP contribution < -0.4 is 9.57 Å². The second-order valence-corrected chi connectivity index (χ2v) is 3.63. The lowest BCUT2D eigenvalue weighted by Crippen LogP contribution is -2.43. The van der Waals surface area contributed by atoms with Crippen molar-refractivity contribution >= 4 is 0 Å². The van der Waals surface area contributed by atoms with Crippen LogP contribution in [0, 0.1) is 6.92 Å². The molecule has 0 atom stereocenters. The molecule has 0 aliphatic carbocycles. The van der Waals surface area contributed by atoms with Gasteiger partial charge >= 0.3 is 6.33 Å². The first-order chi connectivity index (χ1) is 7.84. The third-order valence-electron chi connectivity index (χ3n) is 2.31. The normalized spacial score (nSPS) is 10.1. The summed E-state index contributed by atoms with van der Waals surface area (Å²) in [6, 6.07) is 12.2. The van der Waals surface area contributed by atoms with Gasteiger partial charge in [0.2, 0.25) is 0 Å². The highest BCUT2D eigenvalue weighted by Crippen LogP contribution is 1.97. The van der Waals surface area contributed by atoms with E-state index >= 15 is 0 Å². The van der Waals surface area contributed by atoms with Gasteiger partial charge in [0.1, 0.15) is 12.8 Å². The van der Waals surface area contributed by atoms with Gasteiger partial charge in [0.05, 0.1) is 0 Å². The molecule has 82 valence electrons. The van der Waals surface area contributed by atoms with E-state index in [1.54, 1.807) is 11.1 Å². The monoisotopic (exact) mass is 215 g/mol. The maximum Gasteiger partial charge on any atom is 0.325 e. The Labute approximate surface area is 95.3 Å². The topological polar surface area (TPSA) is 26.0 Å². The molecule has 0 aliphatic heterocycles. The molecule has 0 radical (unpaired) electrons. The van der Waals surface area contributed by atoms with Gasteiger partial charge in [-0.3, -0.25) is 0 Å². The van der Waals surface area contributed by atoms with E-state index in [0.29, 0.717) is 6.61 Å². The fourth-order valence-electron chi connectivity index (χ4n) is 1.40. The van der Waals surface area contributed by atoms with Gasteiger partial charge in [-0.2, -0.15) is 0 Å². The Morgan fingerprint density at radius 2 is 2.00 bits per heavy atom. The minimum atomic E-state index is 0.652. The lowest BCUT2D eigenvalue weighted by Gasteiger charge is -2.01. The molecule has 16 heavy (non-hydrogen) atoms. The van der Waals surface area contributed by atoms with Crippen molar-refractivity contribution in [2.24, 2.45) is 0 Å². The largest absolute Gasteiger partial charge is 0.336 e. The predicted molar refractivity (Wildman–Crippen MR) is 60.8 cm³/mol. The van der Waals surface area contributed by atoms with E-state index in [1.165, 1.54) is 5.56 Å². The van der Waals surface area contributed by atoms with Gasteiger partial charge in [-0.1, -0.05) is 40.0 Å². The van der Waals surface area contributed by atoms with Gasteiger partial charge in [-0.15, -0.1) is 0 Å². The van der Waals surface area contributed by atoms with Crippen molar-refractivity contribution in [3.8, 4) is 0 Å². The van der Waals surface area contributed by atoms with Crippen LogP contribution in [0.1, 0.15) is 11.3 Å². The zero-order valence-electron chi connectivity index (χ0n) is 9.34. The van der Waals surface area contributed by atoms with Gasteiger partial charge in [0.25, 0.3) is 0 Å². The molecule has 1 aromatic carbocycles. The van der Waals surface area contributed by atoms with E-state index in [0.717, 1.165) is 12.1 Å². The summed E-state index contributed by atoms with van der Waals surface area (Å²) in [6.07, 6.45) is 4.45. The molecule has 3 heteroatoms. The lowest BCUT2D eigenvalue weighted by atomic mass is 10.2. The molecule has 0 saturated carbocycles. The number of hydrogen-bond acceptors (Lipinski definition) is 2. The molecule has 0 N–H and O–H groups in total. The zero-order chi connectivity index (χ0) is 11.2. The SMILES string of the molecule is Cc1cc[n+](OCCc2ccccc2)cn1. The third-order valence-corrected chi connectivity index (χ3v) is 2.31. The van der Waals surface area contributed by atoms with Crippen LogP contribution in [0.15, 0.2) is 48.9 Å². The second-order valence-electron chi connectivity index (χ2n) is 3.63. The molecule has 1 aromatic heterocycles. The van der Waals surface area contributed by atoms with E-state index in [2.05, 4.69) is 17.1 Å². The average molecular weight is 215 g/mol. The molecule has 0 saturated heterocycles.